The van der Waals surface area contributed by atoms with E-state index in [0.717, 1.165) is 6.42 Å². The second kappa shape index (κ2) is 8.96. The maximum absolute atomic E-state index is 13.1. The van der Waals surface area contributed by atoms with Crippen LogP contribution in [0.1, 0.15) is 34.1 Å². The Hall–Kier alpha value is -1.33. The maximum atomic E-state index is 13.1. The van der Waals surface area contributed by atoms with Gasteiger partial charge in [0.25, 0.3) is 5.91 Å². The first-order valence-corrected chi connectivity index (χ1v) is 7.20. The van der Waals surface area contributed by atoms with Crippen LogP contribution >= 0.6 is 12.4 Å². The summed E-state index contributed by atoms with van der Waals surface area (Å²) in [6.45, 7) is 8.05. The molecule has 6 heteroatoms. The van der Waals surface area contributed by atoms with E-state index in [4.69, 9.17) is 10.5 Å². The number of nitrogens with two attached hydrogens (primary N) is 1. The molecule has 1 aromatic carbocycles. The molecule has 3 N–H and O–H groups in total. The van der Waals surface area contributed by atoms with Crippen molar-refractivity contribution in [2.45, 2.75) is 45.8 Å². The molecule has 22 heavy (non-hydrogen) atoms. The summed E-state index contributed by atoms with van der Waals surface area (Å²) in [5, 5.41) is 2.93. The third-order valence-corrected chi connectivity index (χ3v) is 3.21. The zero-order valence-corrected chi connectivity index (χ0v) is 14.4. The highest BCUT2D eigenvalue weighted by Gasteiger charge is 2.28. The van der Waals surface area contributed by atoms with Crippen molar-refractivity contribution in [1.82, 2.24) is 5.32 Å². The van der Waals surface area contributed by atoms with Gasteiger partial charge in [0.15, 0.2) is 6.10 Å². The van der Waals surface area contributed by atoms with Gasteiger partial charge >= 0.3 is 0 Å². The lowest BCUT2D eigenvalue weighted by Crippen LogP contribution is -2.55. The van der Waals surface area contributed by atoms with Gasteiger partial charge in [-0.3, -0.25) is 4.79 Å². The molecule has 2 atom stereocenters. The van der Waals surface area contributed by atoms with Crippen LogP contribution < -0.4 is 15.8 Å². The Kier molecular flexibility index (Phi) is 8.41. The van der Waals surface area contributed by atoms with Crippen LogP contribution in [0.25, 0.3) is 0 Å². The smallest absolute Gasteiger partial charge is 0.261 e. The number of carbonyl (C=O) groups is 1. The maximum Gasteiger partial charge on any atom is 0.261 e. The number of hydrogen-bond acceptors (Lipinski definition) is 3. The molecule has 0 aromatic heterocycles. The summed E-state index contributed by atoms with van der Waals surface area (Å²) >= 11 is 0. The Morgan fingerprint density at radius 1 is 1.41 bits per heavy atom. The minimum atomic E-state index is -0.718. The highest BCUT2D eigenvalue weighted by atomic mass is 35.5. The van der Waals surface area contributed by atoms with Gasteiger partial charge in [0.1, 0.15) is 11.6 Å². The van der Waals surface area contributed by atoms with Gasteiger partial charge in [-0.1, -0.05) is 19.9 Å². The number of carbonyl (C=O) groups excluding carboxylic acids is 1. The number of benzene rings is 1. The standard InChI is InChI=1S/C16H25FN2O2.ClH/c1-11(2)9-16(4,10-18)19-15(20)12(3)21-14-7-5-6-13(17)8-14;/h5-8,11-12H,9-10,18H2,1-4H3,(H,19,20);1H. The Morgan fingerprint density at radius 2 is 2.05 bits per heavy atom. The molecule has 0 saturated carbocycles. The summed E-state index contributed by atoms with van der Waals surface area (Å²) in [4.78, 5) is 12.2. The fourth-order valence-corrected chi connectivity index (χ4v) is 2.28. The van der Waals surface area contributed by atoms with E-state index in [1.807, 2.05) is 6.92 Å². The highest BCUT2D eigenvalue weighted by molar-refractivity contribution is 5.85. The van der Waals surface area contributed by atoms with E-state index in [1.54, 1.807) is 13.0 Å². The first kappa shape index (κ1) is 20.7. The lowest BCUT2D eigenvalue weighted by molar-refractivity contribution is -0.129. The fraction of sp³-hybridized carbons (Fsp3) is 0.562. The van der Waals surface area contributed by atoms with Gasteiger partial charge < -0.3 is 15.8 Å². The molecule has 126 valence electrons. The van der Waals surface area contributed by atoms with Crippen LogP contribution in [-0.2, 0) is 4.79 Å². The van der Waals surface area contributed by atoms with Crippen LogP contribution in [0.3, 0.4) is 0 Å². The summed E-state index contributed by atoms with van der Waals surface area (Å²) in [6.07, 6.45) is 0.0619. The van der Waals surface area contributed by atoms with Gasteiger partial charge in [0, 0.05) is 18.2 Å². The largest absolute Gasteiger partial charge is 0.481 e. The first-order valence-electron chi connectivity index (χ1n) is 7.20. The van der Waals surface area contributed by atoms with Crippen molar-refractivity contribution in [2.75, 3.05) is 6.54 Å². The minimum absolute atomic E-state index is 0. The van der Waals surface area contributed by atoms with Crippen molar-refractivity contribution in [1.29, 1.82) is 0 Å². The van der Waals surface area contributed by atoms with Crippen molar-refractivity contribution in [3.8, 4) is 5.75 Å². The molecule has 0 heterocycles. The molecular weight excluding hydrogens is 307 g/mol. The number of hydrogen-bond donors (Lipinski definition) is 2. The molecular formula is C16H26ClFN2O2. The molecule has 1 aromatic rings. The van der Waals surface area contributed by atoms with Gasteiger partial charge in [0.05, 0.1) is 0 Å². The third-order valence-electron chi connectivity index (χ3n) is 3.21. The van der Waals surface area contributed by atoms with E-state index in [0.29, 0.717) is 18.2 Å². The van der Waals surface area contributed by atoms with Gasteiger partial charge in [-0.2, -0.15) is 0 Å². The minimum Gasteiger partial charge on any atom is -0.481 e. The average molecular weight is 333 g/mol. The molecule has 0 fully saturated rings. The molecule has 0 bridgehead atoms. The number of nitrogens with one attached hydrogen (secondary N) is 1. The number of amides is 1. The van der Waals surface area contributed by atoms with E-state index >= 15 is 0 Å². The number of rotatable bonds is 7. The monoisotopic (exact) mass is 332 g/mol. The van der Waals surface area contributed by atoms with Crippen molar-refractivity contribution >= 4 is 18.3 Å². The Balaban J connectivity index is 0.00000441. The van der Waals surface area contributed by atoms with Gasteiger partial charge in [-0.15, -0.1) is 12.4 Å². The Labute approximate surface area is 138 Å². The Morgan fingerprint density at radius 3 is 2.55 bits per heavy atom. The molecule has 0 spiro atoms. The van der Waals surface area contributed by atoms with E-state index in [9.17, 15) is 9.18 Å². The van der Waals surface area contributed by atoms with Crippen LogP contribution in [0.2, 0.25) is 0 Å². The lowest BCUT2D eigenvalue weighted by atomic mass is 9.90. The van der Waals surface area contributed by atoms with Gasteiger partial charge in [-0.05, 0) is 38.3 Å². The first-order chi connectivity index (χ1) is 9.75. The van der Waals surface area contributed by atoms with E-state index in [2.05, 4.69) is 19.2 Å². The number of halogens is 2. The molecule has 4 nitrogen and oxygen atoms in total. The summed E-state index contributed by atoms with van der Waals surface area (Å²) in [5.74, 6) is 0.0915. The molecule has 1 amide bonds. The van der Waals surface area contributed by atoms with Crippen molar-refractivity contribution in [3.63, 3.8) is 0 Å². The zero-order valence-electron chi connectivity index (χ0n) is 13.6. The molecule has 2 unspecified atom stereocenters. The molecule has 0 radical (unpaired) electrons. The van der Waals surface area contributed by atoms with Crippen molar-refractivity contribution < 1.29 is 13.9 Å². The Bertz CT molecular complexity index is 485. The normalized spacial score (nSPS) is 14.7. The van der Waals surface area contributed by atoms with Gasteiger partial charge in [-0.25, -0.2) is 4.39 Å². The zero-order chi connectivity index (χ0) is 16.0. The van der Waals surface area contributed by atoms with E-state index in [-0.39, 0.29) is 18.3 Å². The fourth-order valence-electron chi connectivity index (χ4n) is 2.28. The van der Waals surface area contributed by atoms with Crippen molar-refractivity contribution in [2.24, 2.45) is 11.7 Å². The summed E-state index contributed by atoms with van der Waals surface area (Å²) in [7, 11) is 0. The predicted molar refractivity (Wildman–Crippen MR) is 88.8 cm³/mol. The van der Waals surface area contributed by atoms with Gasteiger partial charge in [0.2, 0.25) is 0 Å². The SMILES string of the molecule is CC(C)CC(C)(CN)NC(=O)C(C)Oc1cccc(F)c1.Cl. The highest BCUT2D eigenvalue weighted by Crippen LogP contribution is 2.17. The van der Waals surface area contributed by atoms with Crippen LogP contribution in [-0.4, -0.2) is 24.1 Å². The van der Waals surface area contributed by atoms with Crippen LogP contribution in [0.4, 0.5) is 4.39 Å². The molecule has 0 aliphatic rings. The molecule has 0 aliphatic carbocycles. The van der Waals surface area contributed by atoms with E-state index < -0.39 is 17.5 Å². The average Bonchev–Trinajstić information content (AvgIpc) is 2.37. The number of ether oxygens (including phenoxy) is 1. The summed E-state index contributed by atoms with van der Waals surface area (Å²) < 4.78 is 18.6. The van der Waals surface area contributed by atoms with Crippen LogP contribution in [0.5, 0.6) is 5.75 Å². The molecule has 1 rings (SSSR count). The second-order valence-electron chi connectivity index (χ2n) is 6.07. The summed E-state index contributed by atoms with van der Waals surface area (Å²) in [6, 6.07) is 5.73. The van der Waals surface area contributed by atoms with Crippen molar-refractivity contribution in [3.05, 3.63) is 30.1 Å². The quantitative estimate of drug-likeness (QED) is 0.807. The molecule has 0 aliphatic heterocycles. The predicted octanol–water partition coefficient (Wildman–Crippen LogP) is 2.89. The van der Waals surface area contributed by atoms with Crippen LogP contribution in [0.15, 0.2) is 24.3 Å². The topological polar surface area (TPSA) is 64.3 Å². The lowest BCUT2D eigenvalue weighted by Gasteiger charge is -2.32. The summed E-state index contributed by atoms with van der Waals surface area (Å²) in [5.41, 5.74) is 5.30. The molecule has 0 saturated heterocycles. The second-order valence-corrected chi connectivity index (χ2v) is 6.07. The van der Waals surface area contributed by atoms with Crippen LogP contribution in [0, 0.1) is 11.7 Å². The van der Waals surface area contributed by atoms with E-state index in [1.165, 1.54) is 18.2 Å². The third kappa shape index (κ3) is 6.62.